The van der Waals surface area contributed by atoms with E-state index >= 15 is 0 Å². The summed E-state index contributed by atoms with van der Waals surface area (Å²) in [5, 5.41) is 2.88. The smallest absolute Gasteiger partial charge is 0.261 e. The first-order chi connectivity index (χ1) is 12.0. The van der Waals surface area contributed by atoms with E-state index in [1.807, 2.05) is 6.92 Å². The van der Waals surface area contributed by atoms with Crippen molar-refractivity contribution in [2.75, 3.05) is 18.5 Å². The fourth-order valence-electron chi connectivity index (χ4n) is 2.52. The van der Waals surface area contributed by atoms with Gasteiger partial charge in [0.1, 0.15) is 12.4 Å². The molecule has 7 heteroatoms. The van der Waals surface area contributed by atoms with E-state index in [2.05, 4.69) is 5.32 Å². The molecule has 0 bridgehead atoms. The average Bonchev–Trinajstić information content (AvgIpc) is 2.81. The predicted octanol–water partition coefficient (Wildman–Crippen LogP) is 3.14. The Morgan fingerprint density at radius 2 is 1.80 bits per heavy atom. The highest BCUT2D eigenvalue weighted by atomic mass is 32.1. The standard InChI is InChI=1S/C18H15FN2O3S/c1-11-2-7-14-15(10-11)17(23)21(16(14)22)8-9-24-18(25)20-13-5-3-12(19)4-6-13/h2-7,10H,8-9H2,1H3,(H,20,25). The van der Waals surface area contributed by atoms with Crippen molar-refractivity contribution in [3.63, 3.8) is 0 Å². The molecule has 0 saturated carbocycles. The minimum Gasteiger partial charge on any atom is -0.469 e. The van der Waals surface area contributed by atoms with E-state index in [0.29, 0.717) is 16.8 Å². The van der Waals surface area contributed by atoms with E-state index in [9.17, 15) is 14.0 Å². The van der Waals surface area contributed by atoms with Crippen LogP contribution in [0, 0.1) is 12.7 Å². The number of nitrogens with zero attached hydrogens (tertiary/aromatic N) is 1. The molecule has 1 N–H and O–H groups in total. The number of rotatable bonds is 4. The third-order valence-corrected chi connectivity index (χ3v) is 3.98. The van der Waals surface area contributed by atoms with Crippen molar-refractivity contribution in [2.45, 2.75) is 6.92 Å². The number of carbonyl (C=O) groups is 2. The van der Waals surface area contributed by atoms with Crippen LogP contribution in [0.2, 0.25) is 0 Å². The first kappa shape index (κ1) is 17.0. The largest absolute Gasteiger partial charge is 0.469 e. The lowest BCUT2D eigenvalue weighted by atomic mass is 10.1. The van der Waals surface area contributed by atoms with E-state index < -0.39 is 0 Å². The molecule has 0 radical (unpaired) electrons. The molecule has 0 unspecified atom stereocenters. The Bertz CT molecular complexity index is 852. The summed E-state index contributed by atoms with van der Waals surface area (Å²) in [5.41, 5.74) is 2.32. The summed E-state index contributed by atoms with van der Waals surface area (Å²) in [7, 11) is 0. The first-order valence-electron chi connectivity index (χ1n) is 7.62. The number of nitrogens with one attached hydrogen (secondary N) is 1. The number of amides is 2. The summed E-state index contributed by atoms with van der Waals surface area (Å²) in [6.45, 7) is 2.03. The highest BCUT2D eigenvalue weighted by molar-refractivity contribution is 7.80. The second-order valence-corrected chi connectivity index (χ2v) is 5.95. The minimum atomic E-state index is -0.349. The number of imide groups is 1. The lowest BCUT2D eigenvalue weighted by Gasteiger charge is -2.15. The normalized spacial score (nSPS) is 13.0. The number of carbonyl (C=O) groups excluding carboxylic acids is 2. The Hall–Kier alpha value is -2.80. The molecule has 0 atom stereocenters. The molecule has 1 aliphatic heterocycles. The highest BCUT2D eigenvalue weighted by Gasteiger charge is 2.35. The Morgan fingerprint density at radius 3 is 2.52 bits per heavy atom. The van der Waals surface area contributed by atoms with E-state index in [1.165, 1.54) is 24.3 Å². The summed E-state index contributed by atoms with van der Waals surface area (Å²) in [5.74, 6) is -1.01. The van der Waals surface area contributed by atoms with Gasteiger partial charge in [-0.1, -0.05) is 11.6 Å². The zero-order chi connectivity index (χ0) is 18.0. The molecule has 0 aromatic heterocycles. The van der Waals surface area contributed by atoms with Crippen molar-refractivity contribution in [1.29, 1.82) is 0 Å². The zero-order valence-electron chi connectivity index (χ0n) is 13.4. The van der Waals surface area contributed by atoms with Crippen LogP contribution in [0.25, 0.3) is 0 Å². The number of anilines is 1. The molecule has 25 heavy (non-hydrogen) atoms. The molecule has 0 spiro atoms. The van der Waals surface area contributed by atoms with Crippen molar-refractivity contribution >= 4 is 34.9 Å². The maximum Gasteiger partial charge on any atom is 0.261 e. The monoisotopic (exact) mass is 358 g/mol. The Kier molecular flexibility index (Phi) is 4.76. The number of halogens is 1. The van der Waals surface area contributed by atoms with Crippen LogP contribution in [0.1, 0.15) is 26.3 Å². The van der Waals surface area contributed by atoms with Gasteiger partial charge in [-0.15, -0.1) is 0 Å². The molecule has 1 heterocycles. The van der Waals surface area contributed by atoms with Gasteiger partial charge >= 0.3 is 0 Å². The van der Waals surface area contributed by atoms with E-state index in [1.54, 1.807) is 18.2 Å². The van der Waals surface area contributed by atoms with Crippen LogP contribution in [0.3, 0.4) is 0 Å². The van der Waals surface area contributed by atoms with Gasteiger partial charge in [-0.3, -0.25) is 14.5 Å². The summed E-state index contributed by atoms with van der Waals surface area (Å²) in [6, 6.07) is 10.8. The molecule has 0 fully saturated rings. The van der Waals surface area contributed by atoms with Gasteiger partial charge in [-0.2, -0.15) is 0 Å². The second-order valence-electron chi connectivity index (χ2n) is 5.58. The summed E-state index contributed by atoms with van der Waals surface area (Å²) in [6.07, 6.45) is 0. The van der Waals surface area contributed by atoms with Crippen LogP contribution >= 0.6 is 12.2 Å². The van der Waals surface area contributed by atoms with Crippen LogP contribution < -0.4 is 5.32 Å². The molecule has 0 aliphatic carbocycles. The Morgan fingerprint density at radius 1 is 1.12 bits per heavy atom. The molecule has 2 amide bonds. The second kappa shape index (κ2) is 6.98. The maximum absolute atomic E-state index is 12.8. The molecule has 128 valence electrons. The minimum absolute atomic E-state index is 0.0669. The number of hydrogen-bond acceptors (Lipinski definition) is 4. The lowest BCUT2D eigenvalue weighted by molar-refractivity contribution is 0.0629. The summed E-state index contributed by atoms with van der Waals surface area (Å²) in [4.78, 5) is 25.7. The predicted molar refractivity (Wildman–Crippen MR) is 95.1 cm³/mol. The molecule has 2 aromatic carbocycles. The number of ether oxygens (including phenoxy) is 1. The fourth-order valence-corrected chi connectivity index (χ4v) is 2.73. The van der Waals surface area contributed by atoms with Gasteiger partial charge in [-0.25, -0.2) is 4.39 Å². The van der Waals surface area contributed by atoms with Crippen LogP contribution in [-0.4, -0.2) is 35.0 Å². The van der Waals surface area contributed by atoms with Gasteiger partial charge in [0.2, 0.25) is 0 Å². The quantitative estimate of drug-likeness (QED) is 0.672. The van der Waals surface area contributed by atoms with Crippen LogP contribution in [-0.2, 0) is 4.74 Å². The van der Waals surface area contributed by atoms with Crippen molar-refractivity contribution < 1.29 is 18.7 Å². The van der Waals surface area contributed by atoms with Crippen LogP contribution in [0.4, 0.5) is 10.1 Å². The topological polar surface area (TPSA) is 58.6 Å². The number of thiocarbonyl (C=S) groups is 1. The lowest BCUT2D eigenvalue weighted by Crippen LogP contribution is -2.33. The Balaban J connectivity index is 1.54. The number of hydrogen-bond donors (Lipinski definition) is 1. The molecular weight excluding hydrogens is 343 g/mol. The van der Waals surface area contributed by atoms with Gasteiger partial charge in [-0.05, 0) is 55.5 Å². The molecule has 5 nitrogen and oxygen atoms in total. The van der Waals surface area contributed by atoms with Gasteiger partial charge in [0, 0.05) is 5.69 Å². The van der Waals surface area contributed by atoms with Gasteiger partial charge < -0.3 is 10.1 Å². The fraction of sp³-hybridized carbons (Fsp3) is 0.167. The van der Waals surface area contributed by atoms with Crippen molar-refractivity contribution in [3.05, 3.63) is 65.0 Å². The van der Waals surface area contributed by atoms with E-state index in [0.717, 1.165) is 10.5 Å². The van der Waals surface area contributed by atoms with Crippen LogP contribution in [0.15, 0.2) is 42.5 Å². The van der Waals surface area contributed by atoms with Crippen molar-refractivity contribution in [2.24, 2.45) is 0 Å². The number of aryl methyl sites for hydroxylation is 1. The number of benzene rings is 2. The van der Waals surface area contributed by atoms with E-state index in [4.69, 9.17) is 17.0 Å². The summed E-state index contributed by atoms with van der Waals surface area (Å²) < 4.78 is 18.2. The van der Waals surface area contributed by atoms with Crippen molar-refractivity contribution in [3.8, 4) is 0 Å². The number of fused-ring (bicyclic) bond motifs is 1. The van der Waals surface area contributed by atoms with Gasteiger partial charge in [0.25, 0.3) is 17.0 Å². The average molecular weight is 358 g/mol. The zero-order valence-corrected chi connectivity index (χ0v) is 14.2. The third-order valence-electron chi connectivity index (χ3n) is 3.76. The molecule has 2 aromatic rings. The SMILES string of the molecule is Cc1ccc2c(c1)C(=O)N(CCOC(=S)Nc1ccc(F)cc1)C2=O. The molecule has 0 saturated heterocycles. The van der Waals surface area contributed by atoms with Gasteiger partial charge in [0.05, 0.1) is 17.7 Å². The van der Waals surface area contributed by atoms with E-state index in [-0.39, 0.29) is 36.0 Å². The first-order valence-corrected chi connectivity index (χ1v) is 8.03. The highest BCUT2D eigenvalue weighted by Crippen LogP contribution is 2.23. The molecule has 1 aliphatic rings. The Labute approximate surface area is 149 Å². The third kappa shape index (κ3) is 3.66. The summed E-state index contributed by atoms with van der Waals surface area (Å²) >= 11 is 5.04. The molecule has 3 rings (SSSR count). The maximum atomic E-state index is 12.8. The molecular formula is C18H15FN2O3S. The van der Waals surface area contributed by atoms with Crippen molar-refractivity contribution in [1.82, 2.24) is 4.90 Å². The van der Waals surface area contributed by atoms with Crippen LogP contribution in [0.5, 0.6) is 0 Å². The van der Waals surface area contributed by atoms with Gasteiger partial charge in [0.15, 0.2) is 0 Å².